The lowest BCUT2D eigenvalue weighted by Gasteiger charge is -2.27. The van der Waals surface area contributed by atoms with Crippen LogP contribution in [0.15, 0.2) is 24.3 Å². The number of nitrogens with zero attached hydrogens (tertiary/aromatic N) is 1. The lowest BCUT2D eigenvalue weighted by molar-refractivity contribution is -0.870. The summed E-state index contributed by atoms with van der Waals surface area (Å²) >= 11 is 0. The molecule has 3 atom stereocenters. The number of amides is 1. The zero-order chi connectivity index (χ0) is 52.2. The van der Waals surface area contributed by atoms with Gasteiger partial charge in [0, 0.05) is 12.8 Å². The highest BCUT2D eigenvalue weighted by Crippen LogP contribution is 2.43. The molecule has 9 nitrogen and oxygen atoms in total. The molecule has 0 fully saturated rings. The van der Waals surface area contributed by atoms with Crippen LogP contribution in [0.4, 0.5) is 0 Å². The normalized spacial score (nSPS) is 13.8. The van der Waals surface area contributed by atoms with Gasteiger partial charge >= 0.3 is 13.8 Å². The first-order valence-corrected chi connectivity index (χ1v) is 32.2. The third-order valence-electron chi connectivity index (χ3n) is 13.9. The van der Waals surface area contributed by atoms with Gasteiger partial charge in [0.05, 0.1) is 33.8 Å². The number of unbranched alkanes of at least 4 members (excludes halogenated alkanes) is 38. The Bertz CT molecular complexity index is 1270. The third-order valence-corrected chi connectivity index (χ3v) is 14.9. The van der Waals surface area contributed by atoms with Crippen LogP contribution in [0.2, 0.25) is 0 Å². The number of nitrogens with one attached hydrogen (secondary N) is 1. The molecule has 0 radical (unpaired) electrons. The molecule has 0 aliphatic rings. The zero-order valence-corrected chi connectivity index (χ0v) is 48.9. The quantitative estimate of drug-likeness (QED) is 0.0205. The van der Waals surface area contributed by atoms with Crippen molar-refractivity contribution in [2.24, 2.45) is 0 Å². The number of hydrogen-bond donors (Lipinski definition) is 2. The molecule has 0 saturated heterocycles. The Kier molecular flexibility index (Phi) is 50.8. The van der Waals surface area contributed by atoms with E-state index in [0.717, 1.165) is 57.8 Å². The third kappa shape index (κ3) is 53.1. The number of carbonyl (C=O) groups excluding carboxylic acids is 2. The van der Waals surface area contributed by atoms with Crippen molar-refractivity contribution >= 4 is 19.7 Å². The van der Waals surface area contributed by atoms with E-state index in [1.165, 1.54) is 212 Å². The van der Waals surface area contributed by atoms with Crippen LogP contribution >= 0.6 is 7.82 Å². The van der Waals surface area contributed by atoms with Gasteiger partial charge in [-0.15, -0.1) is 0 Å². The molecule has 3 unspecified atom stereocenters. The standard InChI is InChI=1S/C61H119N2O7P/c1-7-10-13-16-19-22-25-26-27-28-29-30-31-32-33-34-35-36-39-41-44-47-50-53-60(64)62-58(57-69-71(66,67)68-56-55-63(4,5)6)59(52-49-46-43-40-37-23-20-17-14-11-8-2)70-61(65)54-51-48-45-42-38-24-21-18-15-12-9-3/h26-27,49,52,58-59H,7-25,28-48,50-51,53-57H2,1-6H3,(H-,62,64,66,67)/p+1/b27-26+,52-49-. The number of carbonyl (C=O) groups is 2. The molecule has 1 amide bonds. The van der Waals surface area contributed by atoms with Gasteiger partial charge in [-0.25, -0.2) is 4.57 Å². The second-order valence-corrected chi connectivity index (χ2v) is 23.7. The first-order chi connectivity index (χ1) is 34.4. The lowest BCUT2D eigenvalue weighted by atomic mass is 10.0. The molecule has 10 heteroatoms. The molecule has 0 aromatic heterocycles. The summed E-state index contributed by atoms with van der Waals surface area (Å²) in [5, 5.41) is 3.06. The minimum absolute atomic E-state index is 0.0438. The Labute approximate surface area is 441 Å². The van der Waals surface area contributed by atoms with Gasteiger partial charge in [0.1, 0.15) is 19.3 Å². The molecule has 0 saturated carbocycles. The van der Waals surface area contributed by atoms with Crippen molar-refractivity contribution in [3.05, 3.63) is 24.3 Å². The number of rotatable bonds is 56. The van der Waals surface area contributed by atoms with Crippen LogP contribution in [0.5, 0.6) is 0 Å². The van der Waals surface area contributed by atoms with Crippen molar-refractivity contribution in [2.45, 2.75) is 315 Å². The largest absolute Gasteiger partial charge is 0.472 e. The number of quaternary nitrogens is 1. The average Bonchev–Trinajstić information content (AvgIpc) is 3.33. The number of phosphoric acid groups is 1. The first-order valence-electron chi connectivity index (χ1n) is 30.7. The van der Waals surface area contributed by atoms with Crippen LogP contribution in [0, 0.1) is 0 Å². The molecule has 420 valence electrons. The molecule has 2 N–H and O–H groups in total. The fraction of sp³-hybridized carbons (Fsp3) is 0.902. The molecule has 0 bridgehead atoms. The van der Waals surface area contributed by atoms with Crippen molar-refractivity contribution in [3.63, 3.8) is 0 Å². The number of likely N-dealkylation sites (N-methyl/N-ethyl adjacent to an activating group) is 1. The van der Waals surface area contributed by atoms with E-state index in [0.29, 0.717) is 23.9 Å². The number of esters is 1. The number of hydrogen-bond acceptors (Lipinski definition) is 6. The summed E-state index contributed by atoms with van der Waals surface area (Å²) in [7, 11) is 1.51. The smallest absolute Gasteiger partial charge is 0.456 e. The highest BCUT2D eigenvalue weighted by molar-refractivity contribution is 7.47. The summed E-state index contributed by atoms with van der Waals surface area (Å²) in [4.78, 5) is 37.6. The molecule has 0 aromatic rings. The molecular weight excluding hydrogens is 904 g/mol. The topological polar surface area (TPSA) is 111 Å². The monoisotopic (exact) mass is 1020 g/mol. The van der Waals surface area contributed by atoms with Gasteiger partial charge in [-0.05, 0) is 57.4 Å². The number of ether oxygens (including phenoxy) is 1. The number of phosphoric ester groups is 1. The molecule has 0 spiro atoms. The van der Waals surface area contributed by atoms with Crippen LogP contribution in [0.25, 0.3) is 0 Å². The molecule has 71 heavy (non-hydrogen) atoms. The molecule has 0 aliphatic carbocycles. The van der Waals surface area contributed by atoms with Crippen LogP contribution in [0.1, 0.15) is 303 Å². The second kappa shape index (κ2) is 52.0. The first kappa shape index (κ1) is 69.5. The summed E-state index contributed by atoms with van der Waals surface area (Å²) in [6.45, 7) is 7.03. The number of allylic oxidation sites excluding steroid dienone is 3. The second-order valence-electron chi connectivity index (χ2n) is 22.2. The Morgan fingerprint density at radius 2 is 0.817 bits per heavy atom. The van der Waals surface area contributed by atoms with E-state index < -0.39 is 20.0 Å². The van der Waals surface area contributed by atoms with Crippen LogP contribution in [-0.4, -0.2) is 74.3 Å². The van der Waals surface area contributed by atoms with E-state index in [-0.39, 0.29) is 25.1 Å². The molecule has 0 aromatic carbocycles. The van der Waals surface area contributed by atoms with E-state index in [1.807, 2.05) is 33.3 Å². The van der Waals surface area contributed by atoms with Gasteiger partial charge in [-0.1, -0.05) is 257 Å². The summed E-state index contributed by atoms with van der Waals surface area (Å²) in [5.74, 6) is -0.493. The summed E-state index contributed by atoms with van der Waals surface area (Å²) < 4.78 is 30.6. The van der Waals surface area contributed by atoms with Crippen LogP contribution in [-0.2, 0) is 27.9 Å². The highest BCUT2D eigenvalue weighted by Gasteiger charge is 2.30. The Hall–Kier alpha value is -1.51. The van der Waals surface area contributed by atoms with Crippen LogP contribution in [0.3, 0.4) is 0 Å². The van der Waals surface area contributed by atoms with Crippen LogP contribution < -0.4 is 5.32 Å². The highest BCUT2D eigenvalue weighted by atomic mass is 31.2. The Balaban J connectivity index is 5.06. The predicted molar refractivity (Wildman–Crippen MR) is 305 cm³/mol. The average molecular weight is 1020 g/mol. The van der Waals surface area contributed by atoms with Gasteiger partial charge in [0.25, 0.3) is 0 Å². The SMILES string of the molecule is CCCCCCCC/C=C/CCCCCCCCCCCCCCCC(=O)NC(COP(=O)(O)OCC[N+](C)(C)C)C(/C=C\CCCCCCCCCCC)OC(=O)CCCCCCCCCCCCC. The maximum Gasteiger partial charge on any atom is 0.472 e. The minimum atomic E-state index is -4.44. The lowest BCUT2D eigenvalue weighted by Crippen LogP contribution is -2.47. The fourth-order valence-corrected chi connectivity index (χ4v) is 9.85. The van der Waals surface area contributed by atoms with E-state index in [2.05, 4.69) is 38.2 Å². The molecule has 0 rings (SSSR count). The van der Waals surface area contributed by atoms with E-state index in [1.54, 1.807) is 0 Å². The zero-order valence-electron chi connectivity index (χ0n) is 48.0. The molecule has 0 heterocycles. The van der Waals surface area contributed by atoms with Gasteiger partial charge in [0.2, 0.25) is 5.91 Å². The fourth-order valence-electron chi connectivity index (χ4n) is 9.11. The predicted octanol–water partition coefficient (Wildman–Crippen LogP) is 18.6. The molecule has 0 aliphatic heterocycles. The van der Waals surface area contributed by atoms with Crippen molar-refractivity contribution < 1.29 is 37.3 Å². The van der Waals surface area contributed by atoms with E-state index in [4.69, 9.17) is 13.8 Å². The summed E-state index contributed by atoms with van der Waals surface area (Å²) in [6, 6.07) is -0.840. The maximum atomic E-state index is 13.5. The van der Waals surface area contributed by atoms with E-state index in [9.17, 15) is 19.0 Å². The van der Waals surface area contributed by atoms with Crippen molar-refractivity contribution in [1.82, 2.24) is 5.32 Å². The molecular formula is C61H120N2O7P+. The Morgan fingerprint density at radius 1 is 0.479 bits per heavy atom. The summed E-state index contributed by atoms with van der Waals surface area (Å²) in [6.07, 6.45) is 60.4. The van der Waals surface area contributed by atoms with Crippen molar-refractivity contribution in [2.75, 3.05) is 40.9 Å². The van der Waals surface area contributed by atoms with Gasteiger partial charge < -0.3 is 19.4 Å². The van der Waals surface area contributed by atoms with Gasteiger partial charge in [-0.2, -0.15) is 0 Å². The minimum Gasteiger partial charge on any atom is -0.456 e. The van der Waals surface area contributed by atoms with Gasteiger partial charge in [-0.3, -0.25) is 18.6 Å². The summed E-state index contributed by atoms with van der Waals surface area (Å²) in [5.41, 5.74) is 0. The van der Waals surface area contributed by atoms with Crippen molar-refractivity contribution in [3.8, 4) is 0 Å². The maximum absolute atomic E-state index is 13.5. The van der Waals surface area contributed by atoms with E-state index >= 15 is 0 Å². The van der Waals surface area contributed by atoms with Gasteiger partial charge in [0.15, 0.2) is 0 Å². The van der Waals surface area contributed by atoms with Crippen molar-refractivity contribution in [1.29, 1.82) is 0 Å². The Morgan fingerprint density at radius 3 is 1.20 bits per heavy atom.